The first kappa shape index (κ1) is 13.6. The highest BCUT2D eigenvalue weighted by Crippen LogP contribution is 2.29. The molecule has 0 aliphatic carbocycles. The summed E-state index contributed by atoms with van der Waals surface area (Å²) in [7, 11) is -3.18. The number of benzene rings is 1. The highest BCUT2D eigenvalue weighted by molar-refractivity contribution is 7.92. The van der Waals surface area contributed by atoms with Crippen LogP contribution in [0, 0.1) is 0 Å². The van der Waals surface area contributed by atoms with Crippen LogP contribution in [0.4, 0.5) is 0 Å². The topological polar surface area (TPSA) is 46.2 Å². The molecule has 0 aromatic heterocycles. The molecule has 0 atom stereocenters. The molecule has 0 saturated carbocycles. The lowest BCUT2D eigenvalue weighted by molar-refractivity contribution is 0.495. The lowest BCUT2D eigenvalue weighted by atomic mass is 10.0. The first-order valence-electron chi connectivity index (χ1n) is 6.57. The number of hydrogen-bond donors (Lipinski definition) is 1. The summed E-state index contributed by atoms with van der Waals surface area (Å²) >= 11 is 0. The maximum absolute atomic E-state index is 12.7. The van der Waals surface area contributed by atoms with Crippen molar-refractivity contribution in [1.29, 1.82) is 0 Å². The van der Waals surface area contributed by atoms with E-state index in [0.29, 0.717) is 4.90 Å². The van der Waals surface area contributed by atoms with E-state index >= 15 is 0 Å². The quantitative estimate of drug-likeness (QED) is 0.914. The predicted molar refractivity (Wildman–Crippen MR) is 73.6 cm³/mol. The van der Waals surface area contributed by atoms with Crippen molar-refractivity contribution in [3.63, 3.8) is 0 Å². The van der Waals surface area contributed by atoms with Crippen molar-refractivity contribution in [2.24, 2.45) is 0 Å². The van der Waals surface area contributed by atoms with Gasteiger partial charge in [-0.25, -0.2) is 8.42 Å². The van der Waals surface area contributed by atoms with Gasteiger partial charge in [-0.3, -0.25) is 0 Å². The van der Waals surface area contributed by atoms with E-state index in [4.69, 9.17) is 0 Å². The summed E-state index contributed by atoms with van der Waals surface area (Å²) in [6, 6.07) is 7.42. The molecule has 18 heavy (non-hydrogen) atoms. The second-order valence-corrected chi connectivity index (χ2v) is 7.38. The molecule has 2 rings (SSSR count). The van der Waals surface area contributed by atoms with Gasteiger partial charge in [0.2, 0.25) is 0 Å². The number of sulfone groups is 1. The monoisotopic (exact) mass is 267 g/mol. The van der Waals surface area contributed by atoms with Crippen molar-refractivity contribution in [3.05, 3.63) is 29.8 Å². The molecule has 1 aliphatic rings. The molecule has 0 radical (unpaired) electrons. The molecule has 1 heterocycles. The molecule has 1 saturated heterocycles. The van der Waals surface area contributed by atoms with Crippen LogP contribution in [0.2, 0.25) is 0 Å². The minimum absolute atomic E-state index is 0.223. The van der Waals surface area contributed by atoms with Crippen molar-refractivity contribution in [1.82, 2.24) is 5.32 Å². The summed E-state index contributed by atoms with van der Waals surface area (Å²) in [5.74, 6) is 0.234. The first-order chi connectivity index (χ1) is 8.53. The van der Waals surface area contributed by atoms with Crippen molar-refractivity contribution in [2.45, 2.75) is 42.8 Å². The molecule has 0 amide bonds. The van der Waals surface area contributed by atoms with Crippen LogP contribution in [0.25, 0.3) is 0 Å². The third-order valence-corrected chi connectivity index (χ3v) is 5.91. The predicted octanol–water partition coefficient (Wildman–Crippen LogP) is 2.34. The Morgan fingerprint density at radius 3 is 2.39 bits per heavy atom. The molecule has 1 aromatic carbocycles. The maximum atomic E-state index is 12.7. The van der Waals surface area contributed by atoms with Gasteiger partial charge in [-0.15, -0.1) is 0 Å². The summed E-state index contributed by atoms with van der Waals surface area (Å²) in [6.07, 6.45) is 1.43. The standard InChI is InChI=1S/C14H21NO2S/c1-11(2)13-5-3-4-6-14(13)18(16,17)12-7-9-15-10-8-12/h3-6,11-12,15H,7-10H2,1-2H3. The molecular weight excluding hydrogens is 246 g/mol. The summed E-state index contributed by atoms with van der Waals surface area (Å²) < 4.78 is 25.4. The van der Waals surface area contributed by atoms with Crippen LogP contribution < -0.4 is 5.32 Å². The van der Waals surface area contributed by atoms with E-state index < -0.39 is 9.84 Å². The molecule has 0 bridgehead atoms. The Bertz CT molecular complexity index is 502. The lowest BCUT2D eigenvalue weighted by Crippen LogP contribution is -2.36. The molecule has 100 valence electrons. The Morgan fingerprint density at radius 1 is 1.17 bits per heavy atom. The Labute approximate surface area is 110 Å². The maximum Gasteiger partial charge on any atom is 0.181 e. The number of rotatable bonds is 3. The van der Waals surface area contributed by atoms with E-state index in [1.54, 1.807) is 6.07 Å². The average molecular weight is 267 g/mol. The molecule has 0 spiro atoms. The third kappa shape index (κ3) is 2.59. The van der Waals surface area contributed by atoms with E-state index in [1.165, 1.54) is 0 Å². The van der Waals surface area contributed by atoms with Crippen LogP contribution in [0.3, 0.4) is 0 Å². The van der Waals surface area contributed by atoms with Gasteiger partial charge in [0.25, 0.3) is 0 Å². The van der Waals surface area contributed by atoms with Crippen molar-refractivity contribution in [3.8, 4) is 0 Å². The van der Waals surface area contributed by atoms with E-state index in [-0.39, 0.29) is 11.2 Å². The SMILES string of the molecule is CC(C)c1ccccc1S(=O)(=O)C1CCNCC1. The largest absolute Gasteiger partial charge is 0.317 e. The van der Waals surface area contributed by atoms with Crippen LogP contribution in [-0.2, 0) is 9.84 Å². The zero-order valence-electron chi connectivity index (χ0n) is 11.0. The zero-order valence-corrected chi connectivity index (χ0v) is 11.8. The molecule has 0 unspecified atom stereocenters. The van der Waals surface area contributed by atoms with Gasteiger partial charge in [0.05, 0.1) is 10.1 Å². The van der Waals surface area contributed by atoms with Crippen molar-refractivity contribution < 1.29 is 8.42 Å². The van der Waals surface area contributed by atoms with E-state index in [0.717, 1.165) is 31.5 Å². The molecule has 1 aliphatic heterocycles. The second-order valence-electron chi connectivity index (χ2n) is 5.19. The minimum atomic E-state index is -3.18. The highest BCUT2D eigenvalue weighted by atomic mass is 32.2. The van der Waals surface area contributed by atoms with Crippen molar-refractivity contribution in [2.75, 3.05) is 13.1 Å². The molecule has 1 fully saturated rings. The lowest BCUT2D eigenvalue weighted by Gasteiger charge is -2.24. The van der Waals surface area contributed by atoms with Gasteiger partial charge < -0.3 is 5.32 Å². The Morgan fingerprint density at radius 2 is 1.78 bits per heavy atom. The molecule has 1 N–H and O–H groups in total. The van der Waals surface area contributed by atoms with Crippen LogP contribution in [0.1, 0.15) is 38.2 Å². The van der Waals surface area contributed by atoms with Gasteiger partial charge in [-0.1, -0.05) is 32.0 Å². The molecule has 1 aromatic rings. The van der Waals surface area contributed by atoms with Gasteiger partial charge in [-0.05, 0) is 43.5 Å². The number of hydrogen-bond acceptors (Lipinski definition) is 3. The van der Waals surface area contributed by atoms with Gasteiger partial charge >= 0.3 is 0 Å². The molecular formula is C14H21NO2S. The number of piperidine rings is 1. The Balaban J connectivity index is 2.40. The van der Waals surface area contributed by atoms with E-state index in [1.807, 2.05) is 32.0 Å². The second kappa shape index (κ2) is 5.41. The Hall–Kier alpha value is -0.870. The Kier molecular flexibility index (Phi) is 4.07. The van der Waals surface area contributed by atoms with Crippen LogP contribution in [0.15, 0.2) is 29.2 Å². The smallest absolute Gasteiger partial charge is 0.181 e. The van der Waals surface area contributed by atoms with E-state index in [2.05, 4.69) is 5.32 Å². The summed E-state index contributed by atoms with van der Waals surface area (Å²) in [5.41, 5.74) is 0.941. The van der Waals surface area contributed by atoms with Gasteiger partial charge in [0, 0.05) is 0 Å². The summed E-state index contributed by atoms with van der Waals surface area (Å²) in [5, 5.41) is 2.99. The fourth-order valence-corrected chi connectivity index (χ4v) is 4.62. The van der Waals surface area contributed by atoms with Crippen LogP contribution >= 0.6 is 0 Å². The average Bonchev–Trinajstić information content (AvgIpc) is 2.39. The molecule has 4 heteroatoms. The zero-order chi connectivity index (χ0) is 13.2. The fraction of sp³-hybridized carbons (Fsp3) is 0.571. The van der Waals surface area contributed by atoms with Crippen molar-refractivity contribution >= 4 is 9.84 Å². The summed E-state index contributed by atoms with van der Waals surface area (Å²) in [4.78, 5) is 0.534. The highest BCUT2D eigenvalue weighted by Gasteiger charge is 2.30. The molecule has 3 nitrogen and oxygen atoms in total. The van der Waals surface area contributed by atoms with Crippen LogP contribution in [-0.4, -0.2) is 26.8 Å². The fourth-order valence-electron chi connectivity index (χ4n) is 2.50. The first-order valence-corrected chi connectivity index (χ1v) is 8.11. The normalized spacial score (nSPS) is 18.2. The summed E-state index contributed by atoms with van der Waals surface area (Å²) in [6.45, 7) is 5.68. The van der Waals surface area contributed by atoms with E-state index in [9.17, 15) is 8.42 Å². The minimum Gasteiger partial charge on any atom is -0.317 e. The van der Waals surface area contributed by atoms with Crippen LogP contribution in [0.5, 0.6) is 0 Å². The third-order valence-electron chi connectivity index (χ3n) is 3.57. The number of nitrogens with one attached hydrogen (secondary N) is 1. The van der Waals surface area contributed by atoms with Gasteiger partial charge in [0.1, 0.15) is 0 Å². The van der Waals surface area contributed by atoms with Gasteiger partial charge in [-0.2, -0.15) is 0 Å². The van der Waals surface area contributed by atoms with Gasteiger partial charge in [0.15, 0.2) is 9.84 Å².